The van der Waals surface area contributed by atoms with Crippen LogP contribution >= 0.6 is 0 Å². The number of hydrogen-bond acceptors (Lipinski definition) is 4. The molecular weight excluding hydrogens is 262 g/mol. The van der Waals surface area contributed by atoms with Gasteiger partial charge >= 0.3 is 5.97 Å². The predicted molar refractivity (Wildman–Crippen MR) is 70.8 cm³/mol. The maximum atomic E-state index is 12.2. The van der Waals surface area contributed by atoms with Gasteiger partial charge in [0.1, 0.15) is 19.5 Å². The molecule has 2 aliphatic heterocycles. The van der Waals surface area contributed by atoms with Gasteiger partial charge in [0.15, 0.2) is 0 Å². The zero-order valence-electron chi connectivity index (χ0n) is 11.8. The second-order valence-electron chi connectivity index (χ2n) is 5.33. The smallest absolute Gasteiger partial charge is 0.309 e. The van der Waals surface area contributed by atoms with Gasteiger partial charge in [-0.3, -0.25) is 9.59 Å². The molecule has 1 saturated heterocycles. The van der Waals surface area contributed by atoms with Crippen LogP contribution in [-0.2, 0) is 19.1 Å². The monoisotopic (exact) mass is 283 g/mol. The van der Waals surface area contributed by atoms with Crippen LogP contribution in [0.1, 0.15) is 32.6 Å². The topological polar surface area (TPSA) is 76.1 Å². The maximum Gasteiger partial charge on any atom is 0.309 e. The zero-order valence-corrected chi connectivity index (χ0v) is 11.8. The fourth-order valence-electron chi connectivity index (χ4n) is 2.82. The minimum Gasteiger partial charge on any atom is -0.494 e. The molecule has 2 heterocycles. The molecule has 0 aromatic carbocycles. The molecule has 1 fully saturated rings. The molecule has 1 N–H and O–H groups in total. The molecule has 2 aliphatic rings. The van der Waals surface area contributed by atoms with Gasteiger partial charge in [-0.2, -0.15) is 0 Å². The van der Waals surface area contributed by atoms with E-state index in [1.54, 1.807) is 4.90 Å². The lowest BCUT2D eigenvalue weighted by Crippen LogP contribution is -2.47. The summed E-state index contributed by atoms with van der Waals surface area (Å²) >= 11 is 0. The van der Waals surface area contributed by atoms with Gasteiger partial charge in [-0.05, 0) is 19.3 Å². The number of aliphatic carboxylic acids is 1. The van der Waals surface area contributed by atoms with Crippen LogP contribution in [0.15, 0.2) is 12.0 Å². The molecule has 2 rings (SSSR count). The number of nitrogens with zero attached hydrogens (tertiary/aromatic N) is 1. The molecule has 1 amide bonds. The van der Waals surface area contributed by atoms with Gasteiger partial charge < -0.3 is 19.5 Å². The largest absolute Gasteiger partial charge is 0.494 e. The number of piperidine rings is 1. The second-order valence-corrected chi connectivity index (χ2v) is 5.33. The van der Waals surface area contributed by atoms with E-state index in [1.165, 1.54) is 6.26 Å². The summed E-state index contributed by atoms with van der Waals surface area (Å²) in [6.07, 6.45) is 3.83. The Bertz CT molecular complexity index is 410. The van der Waals surface area contributed by atoms with Crippen molar-refractivity contribution in [1.82, 2.24) is 4.90 Å². The number of carboxylic acids is 1. The molecule has 112 valence electrons. The summed E-state index contributed by atoms with van der Waals surface area (Å²) in [5.41, 5.74) is -0.677. The van der Waals surface area contributed by atoms with Gasteiger partial charge in [0.2, 0.25) is 5.76 Å². The number of carbonyl (C=O) groups excluding carboxylic acids is 1. The van der Waals surface area contributed by atoms with E-state index in [0.717, 1.165) is 6.42 Å². The predicted octanol–water partition coefficient (Wildman–Crippen LogP) is 1.37. The summed E-state index contributed by atoms with van der Waals surface area (Å²) in [5, 5.41) is 9.43. The third-order valence-corrected chi connectivity index (χ3v) is 4.05. The molecule has 0 aromatic rings. The summed E-state index contributed by atoms with van der Waals surface area (Å²) in [7, 11) is 0. The number of amides is 1. The standard InChI is InChI=1S/C14H21NO5/c1-2-3-14(13(17)18)4-6-15(7-5-14)12(16)11-10-19-8-9-20-11/h10H,2-9H2,1H3,(H,17,18). The lowest BCUT2D eigenvalue weighted by Gasteiger charge is -2.39. The molecule has 6 heteroatoms. The van der Waals surface area contributed by atoms with E-state index < -0.39 is 11.4 Å². The molecular formula is C14H21NO5. The lowest BCUT2D eigenvalue weighted by atomic mass is 9.75. The molecule has 0 aliphatic carbocycles. The van der Waals surface area contributed by atoms with Gasteiger partial charge in [-0.1, -0.05) is 13.3 Å². The third-order valence-electron chi connectivity index (χ3n) is 4.05. The van der Waals surface area contributed by atoms with Gasteiger partial charge in [0.25, 0.3) is 5.91 Å². The molecule has 20 heavy (non-hydrogen) atoms. The van der Waals surface area contributed by atoms with Crippen LogP contribution in [0.2, 0.25) is 0 Å². The highest BCUT2D eigenvalue weighted by Crippen LogP contribution is 2.36. The average Bonchev–Trinajstić information content (AvgIpc) is 2.48. The van der Waals surface area contributed by atoms with Crippen LogP contribution in [-0.4, -0.2) is 48.2 Å². The van der Waals surface area contributed by atoms with Crippen molar-refractivity contribution < 1.29 is 24.2 Å². The van der Waals surface area contributed by atoms with Crippen LogP contribution in [0.25, 0.3) is 0 Å². The Kier molecular flexibility index (Phi) is 4.52. The van der Waals surface area contributed by atoms with Crippen molar-refractivity contribution in [2.24, 2.45) is 5.41 Å². The summed E-state index contributed by atoms with van der Waals surface area (Å²) in [6, 6.07) is 0. The van der Waals surface area contributed by atoms with E-state index in [2.05, 4.69) is 0 Å². The Balaban J connectivity index is 1.98. The Morgan fingerprint density at radius 2 is 2.05 bits per heavy atom. The molecule has 0 radical (unpaired) electrons. The van der Waals surface area contributed by atoms with Crippen LogP contribution < -0.4 is 0 Å². The van der Waals surface area contributed by atoms with Crippen molar-refractivity contribution in [2.45, 2.75) is 32.6 Å². The average molecular weight is 283 g/mol. The van der Waals surface area contributed by atoms with Crippen molar-refractivity contribution in [3.8, 4) is 0 Å². The Morgan fingerprint density at radius 1 is 1.35 bits per heavy atom. The molecule has 0 unspecified atom stereocenters. The van der Waals surface area contributed by atoms with E-state index in [0.29, 0.717) is 45.6 Å². The number of likely N-dealkylation sites (tertiary alicyclic amines) is 1. The van der Waals surface area contributed by atoms with E-state index in [9.17, 15) is 14.7 Å². The molecule has 6 nitrogen and oxygen atoms in total. The fraction of sp³-hybridized carbons (Fsp3) is 0.714. The van der Waals surface area contributed by atoms with E-state index in [4.69, 9.17) is 9.47 Å². The molecule has 0 bridgehead atoms. The van der Waals surface area contributed by atoms with Crippen molar-refractivity contribution in [3.63, 3.8) is 0 Å². The van der Waals surface area contributed by atoms with Crippen molar-refractivity contribution >= 4 is 11.9 Å². The van der Waals surface area contributed by atoms with Gasteiger partial charge in [0.05, 0.1) is 5.41 Å². The van der Waals surface area contributed by atoms with Crippen molar-refractivity contribution in [3.05, 3.63) is 12.0 Å². The van der Waals surface area contributed by atoms with Crippen molar-refractivity contribution in [1.29, 1.82) is 0 Å². The first-order valence-corrected chi connectivity index (χ1v) is 7.06. The van der Waals surface area contributed by atoms with Gasteiger partial charge in [-0.15, -0.1) is 0 Å². The fourth-order valence-corrected chi connectivity index (χ4v) is 2.82. The number of rotatable bonds is 4. The third kappa shape index (κ3) is 2.89. The number of hydrogen-bond donors (Lipinski definition) is 1. The highest BCUT2D eigenvalue weighted by Gasteiger charge is 2.42. The first-order chi connectivity index (χ1) is 9.59. The summed E-state index contributed by atoms with van der Waals surface area (Å²) in [4.78, 5) is 25.3. The molecule has 0 aromatic heterocycles. The minimum absolute atomic E-state index is 0.208. The minimum atomic E-state index is -0.747. The maximum absolute atomic E-state index is 12.2. The van der Waals surface area contributed by atoms with Gasteiger partial charge in [0, 0.05) is 13.1 Å². The second kappa shape index (κ2) is 6.15. The van der Waals surface area contributed by atoms with E-state index in [1.807, 2.05) is 6.92 Å². The summed E-state index contributed by atoms with van der Waals surface area (Å²) in [6.45, 7) is 3.72. The number of ether oxygens (including phenoxy) is 2. The van der Waals surface area contributed by atoms with E-state index >= 15 is 0 Å². The molecule has 0 spiro atoms. The SMILES string of the molecule is CCCC1(C(=O)O)CCN(C(=O)C2=COCCO2)CC1. The highest BCUT2D eigenvalue weighted by atomic mass is 16.6. The Morgan fingerprint density at radius 3 is 2.55 bits per heavy atom. The first-order valence-electron chi connectivity index (χ1n) is 7.06. The quantitative estimate of drug-likeness (QED) is 0.843. The van der Waals surface area contributed by atoms with E-state index in [-0.39, 0.29) is 11.7 Å². The summed E-state index contributed by atoms with van der Waals surface area (Å²) < 4.78 is 10.4. The lowest BCUT2D eigenvalue weighted by molar-refractivity contribution is -0.155. The van der Waals surface area contributed by atoms with Crippen LogP contribution in [0.5, 0.6) is 0 Å². The first kappa shape index (κ1) is 14.7. The van der Waals surface area contributed by atoms with Crippen LogP contribution in [0.4, 0.5) is 0 Å². The van der Waals surface area contributed by atoms with Crippen LogP contribution in [0.3, 0.4) is 0 Å². The number of carbonyl (C=O) groups is 2. The Labute approximate surface area is 118 Å². The summed E-state index contributed by atoms with van der Waals surface area (Å²) in [5.74, 6) is -0.738. The molecule has 0 saturated carbocycles. The number of carboxylic acid groups (broad SMARTS) is 1. The van der Waals surface area contributed by atoms with Gasteiger partial charge in [-0.25, -0.2) is 0 Å². The Hall–Kier alpha value is -1.72. The highest BCUT2D eigenvalue weighted by molar-refractivity contribution is 5.91. The molecule has 0 atom stereocenters. The van der Waals surface area contributed by atoms with Crippen LogP contribution in [0, 0.1) is 5.41 Å². The zero-order chi connectivity index (χ0) is 14.6. The van der Waals surface area contributed by atoms with Crippen molar-refractivity contribution in [2.75, 3.05) is 26.3 Å². The normalized spacial score (nSPS) is 21.4.